The maximum atomic E-state index is 10.9. The number of benzene rings is 1. The third-order valence-corrected chi connectivity index (χ3v) is 1.81. The number of carbonyl (C=O) groups is 1. The van der Waals surface area contributed by atoms with E-state index >= 15 is 0 Å². The van der Waals surface area contributed by atoms with Crippen LogP contribution in [0, 0.1) is 11.5 Å². The number of para-hydroxylation sites is 1. The van der Waals surface area contributed by atoms with Crippen LogP contribution >= 0.6 is 0 Å². The zero-order chi connectivity index (χ0) is 10.4. The van der Waals surface area contributed by atoms with Gasteiger partial charge >= 0.3 is 0 Å². The molecule has 1 aromatic rings. The van der Waals surface area contributed by atoms with Gasteiger partial charge in [-0.3, -0.25) is 10.1 Å². The lowest BCUT2D eigenvalue weighted by Gasteiger charge is -2.02. The monoisotopic (exact) mass is 190 g/mol. The molecule has 4 heteroatoms. The van der Waals surface area contributed by atoms with E-state index in [-0.39, 0.29) is 18.1 Å². The van der Waals surface area contributed by atoms with Crippen molar-refractivity contribution in [1.29, 1.82) is 5.26 Å². The van der Waals surface area contributed by atoms with Crippen LogP contribution in [0.15, 0.2) is 24.3 Å². The molecule has 0 heterocycles. The number of phenols is 1. The molecule has 1 amide bonds. The first kappa shape index (κ1) is 10.1. The Morgan fingerprint density at radius 3 is 2.86 bits per heavy atom. The first-order chi connectivity index (χ1) is 6.74. The molecule has 0 aliphatic carbocycles. The van der Waals surface area contributed by atoms with Gasteiger partial charge in [0.25, 0.3) is 0 Å². The number of phenolic OH excluding ortho intramolecular Hbond substituents is 1. The third kappa shape index (κ3) is 2.79. The molecule has 0 radical (unpaired) electrons. The molecule has 0 saturated heterocycles. The summed E-state index contributed by atoms with van der Waals surface area (Å²) in [6, 6.07) is 6.82. The molecule has 0 saturated carbocycles. The summed E-state index contributed by atoms with van der Waals surface area (Å²) < 4.78 is 0. The maximum absolute atomic E-state index is 10.9. The summed E-state index contributed by atoms with van der Waals surface area (Å²) in [6.07, 6.45) is 2.19. The lowest BCUT2D eigenvalue weighted by atomic mass is 10.1. The van der Waals surface area contributed by atoms with E-state index in [0.29, 0.717) is 12.0 Å². The van der Waals surface area contributed by atoms with Crippen LogP contribution in [0.2, 0.25) is 0 Å². The highest BCUT2D eigenvalue weighted by atomic mass is 16.3. The van der Waals surface area contributed by atoms with Crippen LogP contribution in [0.4, 0.5) is 0 Å². The van der Waals surface area contributed by atoms with Crippen molar-refractivity contribution in [2.75, 3.05) is 0 Å². The number of rotatable bonds is 3. The van der Waals surface area contributed by atoms with Crippen molar-refractivity contribution in [2.24, 2.45) is 0 Å². The van der Waals surface area contributed by atoms with E-state index in [1.807, 2.05) is 5.32 Å². The molecule has 1 aromatic carbocycles. The van der Waals surface area contributed by atoms with Gasteiger partial charge in [0.1, 0.15) is 5.75 Å². The molecule has 0 spiro atoms. The van der Waals surface area contributed by atoms with Gasteiger partial charge in [0.15, 0.2) is 6.19 Å². The van der Waals surface area contributed by atoms with Crippen LogP contribution in [0.5, 0.6) is 5.75 Å². The van der Waals surface area contributed by atoms with Gasteiger partial charge in [0.2, 0.25) is 5.91 Å². The van der Waals surface area contributed by atoms with Gasteiger partial charge in [0.05, 0.1) is 0 Å². The first-order valence-corrected chi connectivity index (χ1v) is 4.19. The van der Waals surface area contributed by atoms with E-state index in [9.17, 15) is 9.90 Å². The molecule has 14 heavy (non-hydrogen) atoms. The van der Waals surface area contributed by atoms with Gasteiger partial charge in [-0.25, -0.2) is 0 Å². The van der Waals surface area contributed by atoms with Crippen molar-refractivity contribution in [3.05, 3.63) is 29.8 Å². The summed E-state index contributed by atoms with van der Waals surface area (Å²) in [4.78, 5) is 10.9. The van der Waals surface area contributed by atoms with Gasteiger partial charge in [-0.2, -0.15) is 5.26 Å². The van der Waals surface area contributed by atoms with E-state index in [4.69, 9.17) is 5.26 Å². The highest BCUT2D eigenvalue weighted by Gasteiger charge is 2.03. The fourth-order valence-corrected chi connectivity index (χ4v) is 1.10. The molecule has 0 unspecified atom stereocenters. The van der Waals surface area contributed by atoms with Gasteiger partial charge in [-0.15, -0.1) is 0 Å². The number of hydrogen-bond acceptors (Lipinski definition) is 3. The third-order valence-electron chi connectivity index (χ3n) is 1.81. The van der Waals surface area contributed by atoms with Gasteiger partial charge in [-0.1, -0.05) is 18.2 Å². The fraction of sp³-hybridized carbons (Fsp3) is 0.200. The Labute approximate surface area is 81.8 Å². The minimum atomic E-state index is -0.337. The smallest absolute Gasteiger partial charge is 0.233 e. The summed E-state index contributed by atoms with van der Waals surface area (Å²) >= 11 is 0. The summed E-state index contributed by atoms with van der Waals surface area (Å²) in [5, 5.41) is 19.5. The predicted molar refractivity (Wildman–Crippen MR) is 50.2 cm³/mol. The van der Waals surface area contributed by atoms with Gasteiger partial charge < -0.3 is 5.11 Å². The lowest BCUT2D eigenvalue weighted by molar-refractivity contribution is -0.119. The van der Waals surface area contributed by atoms with Gasteiger partial charge in [-0.05, 0) is 18.1 Å². The van der Waals surface area contributed by atoms with E-state index in [1.54, 1.807) is 30.5 Å². The van der Waals surface area contributed by atoms with E-state index in [1.165, 1.54) is 0 Å². The number of hydrogen-bond donors (Lipinski definition) is 2. The largest absolute Gasteiger partial charge is 0.508 e. The second-order valence-corrected chi connectivity index (χ2v) is 2.79. The molecule has 0 bridgehead atoms. The van der Waals surface area contributed by atoms with Crippen molar-refractivity contribution in [3.63, 3.8) is 0 Å². The summed E-state index contributed by atoms with van der Waals surface area (Å²) in [6.45, 7) is 0. The number of nitriles is 1. The van der Waals surface area contributed by atoms with Crippen LogP contribution in [0.25, 0.3) is 0 Å². The highest BCUT2D eigenvalue weighted by molar-refractivity contribution is 5.77. The Bertz CT molecular complexity index is 369. The first-order valence-electron chi connectivity index (χ1n) is 4.19. The van der Waals surface area contributed by atoms with Crippen molar-refractivity contribution in [1.82, 2.24) is 5.32 Å². The SMILES string of the molecule is N#CNC(=O)CCc1ccccc1O. The molecular weight excluding hydrogens is 180 g/mol. The number of aromatic hydroxyl groups is 1. The zero-order valence-corrected chi connectivity index (χ0v) is 7.53. The van der Waals surface area contributed by atoms with Crippen molar-refractivity contribution >= 4 is 5.91 Å². The van der Waals surface area contributed by atoms with Crippen molar-refractivity contribution in [2.45, 2.75) is 12.8 Å². The standard InChI is InChI=1S/C10H10N2O2/c11-7-12-10(14)6-5-8-3-1-2-4-9(8)13/h1-4,13H,5-6H2,(H,12,14). The number of carbonyl (C=O) groups excluding carboxylic acids is 1. The Balaban J connectivity index is 2.51. The minimum Gasteiger partial charge on any atom is -0.508 e. The summed E-state index contributed by atoms with van der Waals surface area (Å²) in [7, 11) is 0. The molecular formula is C10H10N2O2. The molecule has 1 rings (SSSR count). The van der Waals surface area contributed by atoms with E-state index in [2.05, 4.69) is 0 Å². The normalized spacial score (nSPS) is 9.07. The molecule has 0 aromatic heterocycles. The number of nitrogens with zero attached hydrogens (tertiary/aromatic N) is 1. The van der Waals surface area contributed by atoms with E-state index in [0.717, 1.165) is 0 Å². The van der Waals surface area contributed by atoms with E-state index < -0.39 is 0 Å². The topological polar surface area (TPSA) is 73.1 Å². The highest BCUT2D eigenvalue weighted by Crippen LogP contribution is 2.16. The maximum Gasteiger partial charge on any atom is 0.233 e. The zero-order valence-electron chi connectivity index (χ0n) is 7.53. The number of aryl methyl sites for hydroxylation is 1. The minimum absolute atomic E-state index is 0.178. The second-order valence-electron chi connectivity index (χ2n) is 2.79. The molecule has 2 N–H and O–H groups in total. The fourth-order valence-electron chi connectivity index (χ4n) is 1.10. The van der Waals surface area contributed by atoms with Crippen molar-refractivity contribution < 1.29 is 9.90 Å². The Kier molecular flexibility index (Phi) is 3.50. The second kappa shape index (κ2) is 4.87. The van der Waals surface area contributed by atoms with Crippen LogP contribution in [-0.4, -0.2) is 11.0 Å². The Morgan fingerprint density at radius 2 is 2.21 bits per heavy atom. The summed E-state index contributed by atoms with van der Waals surface area (Å²) in [5.41, 5.74) is 0.709. The Morgan fingerprint density at radius 1 is 1.50 bits per heavy atom. The molecule has 0 aliphatic rings. The molecule has 4 nitrogen and oxygen atoms in total. The van der Waals surface area contributed by atoms with Crippen LogP contribution < -0.4 is 5.32 Å². The molecule has 72 valence electrons. The van der Waals surface area contributed by atoms with Crippen LogP contribution in [0.3, 0.4) is 0 Å². The Hall–Kier alpha value is -2.02. The quantitative estimate of drug-likeness (QED) is 0.550. The average molecular weight is 190 g/mol. The number of amides is 1. The summed E-state index contributed by atoms with van der Waals surface area (Å²) in [5.74, 6) is -0.159. The number of nitrogens with one attached hydrogen (secondary N) is 1. The van der Waals surface area contributed by atoms with Crippen molar-refractivity contribution in [3.8, 4) is 11.9 Å². The van der Waals surface area contributed by atoms with Crippen LogP contribution in [-0.2, 0) is 11.2 Å². The average Bonchev–Trinajstić information content (AvgIpc) is 2.17. The molecule has 0 atom stereocenters. The van der Waals surface area contributed by atoms with Gasteiger partial charge in [0, 0.05) is 6.42 Å². The molecule has 0 fully saturated rings. The predicted octanol–water partition coefficient (Wildman–Crippen LogP) is 0.922. The lowest BCUT2D eigenvalue weighted by Crippen LogP contribution is -2.17. The van der Waals surface area contributed by atoms with Crippen LogP contribution in [0.1, 0.15) is 12.0 Å². The molecule has 0 aliphatic heterocycles.